The number of aromatic nitrogens is 1. The zero-order chi connectivity index (χ0) is 12.7. The number of rotatable bonds is 6. The molecule has 1 heterocycles. The number of amides is 1. The molecule has 0 fully saturated rings. The molecular weight excluding hydrogens is 224 g/mol. The molecule has 0 atom stereocenters. The van der Waals surface area contributed by atoms with Crippen molar-refractivity contribution >= 4 is 5.91 Å². The minimum atomic E-state index is -0.322. The summed E-state index contributed by atoms with van der Waals surface area (Å²) in [6, 6.07) is 3.21. The zero-order valence-corrected chi connectivity index (χ0v) is 9.93. The van der Waals surface area contributed by atoms with E-state index < -0.39 is 0 Å². The molecule has 0 radical (unpaired) electrons. The lowest BCUT2D eigenvalue weighted by molar-refractivity contribution is -0.121. The van der Waals surface area contributed by atoms with Crippen LogP contribution in [0, 0.1) is 0 Å². The van der Waals surface area contributed by atoms with E-state index in [-0.39, 0.29) is 23.8 Å². The van der Waals surface area contributed by atoms with Crippen LogP contribution >= 0.6 is 0 Å². The van der Waals surface area contributed by atoms with Gasteiger partial charge in [-0.1, -0.05) is 0 Å². The van der Waals surface area contributed by atoms with Crippen molar-refractivity contribution in [1.29, 1.82) is 0 Å². The molecule has 0 saturated carbocycles. The number of carbonyl (C=O) groups is 1. The first-order valence-corrected chi connectivity index (χ1v) is 5.18. The van der Waals surface area contributed by atoms with Crippen molar-refractivity contribution in [1.82, 2.24) is 9.88 Å². The summed E-state index contributed by atoms with van der Waals surface area (Å²) in [7, 11) is 2.97. The third kappa shape index (κ3) is 3.92. The standard InChI is InChI=1S/C11H16N2O4/c1-16-7-5-12-10(14)8-13-6-3-4-9(17-2)11(13)15/h3-4,6H,5,7-8H2,1-2H3,(H,12,14). The maximum absolute atomic E-state index is 11.7. The van der Waals surface area contributed by atoms with Gasteiger partial charge in [-0.15, -0.1) is 0 Å². The summed E-state index contributed by atoms with van der Waals surface area (Å²) in [5.74, 6) is -0.0189. The maximum Gasteiger partial charge on any atom is 0.293 e. The Labute approximate surface area is 99.2 Å². The lowest BCUT2D eigenvalue weighted by atomic mass is 10.4. The van der Waals surface area contributed by atoms with Crippen LogP contribution in [0.25, 0.3) is 0 Å². The number of hydrogen-bond acceptors (Lipinski definition) is 4. The molecule has 1 rings (SSSR count). The van der Waals surface area contributed by atoms with E-state index in [2.05, 4.69) is 5.32 Å². The Bertz CT molecular complexity index is 428. The van der Waals surface area contributed by atoms with Gasteiger partial charge >= 0.3 is 0 Å². The average Bonchev–Trinajstić information content (AvgIpc) is 2.32. The summed E-state index contributed by atoms with van der Waals surface area (Å²) >= 11 is 0. The Balaban J connectivity index is 2.62. The molecule has 0 aliphatic heterocycles. The molecule has 6 heteroatoms. The fourth-order valence-corrected chi connectivity index (χ4v) is 1.30. The molecule has 94 valence electrons. The quantitative estimate of drug-likeness (QED) is 0.688. The largest absolute Gasteiger partial charge is 0.491 e. The SMILES string of the molecule is COCCNC(=O)Cn1cccc(OC)c1=O. The van der Waals surface area contributed by atoms with Gasteiger partial charge in [0.25, 0.3) is 5.56 Å². The zero-order valence-electron chi connectivity index (χ0n) is 9.93. The summed E-state index contributed by atoms with van der Waals surface area (Å²) in [6.07, 6.45) is 1.54. The van der Waals surface area contributed by atoms with Gasteiger partial charge in [-0.2, -0.15) is 0 Å². The highest BCUT2D eigenvalue weighted by Gasteiger charge is 2.06. The highest BCUT2D eigenvalue weighted by Crippen LogP contribution is 1.99. The number of methoxy groups -OCH3 is 2. The smallest absolute Gasteiger partial charge is 0.293 e. The number of nitrogens with zero attached hydrogens (tertiary/aromatic N) is 1. The topological polar surface area (TPSA) is 69.6 Å². The fraction of sp³-hybridized carbons (Fsp3) is 0.455. The summed E-state index contributed by atoms with van der Waals surface area (Å²) in [5, 5.41) is 2.63. The van der Waals surface area contributed by atoms with Gasteiger partial charge in [-0.3, -0.25) is 9.59 Å². The van der Waals surface area contributed by atoms with Gasteiger partial charge in [0, 0.05) is 19.9 Å². The van der Waals surface area contributed by atoms with E-state index in [0.29, 0.717) is 13.2 Å². The van der Waals surface area contributed by atoms with Crippen molar-refractivity contribution in [3.63, 3.8) is 0 Å². The summed E-state index contributed by atoms with van der Waals surface area (Å²) in [4.78, 5) is 23.2. The first-order chi connectivity index (χ1) is 8.19. The highest BCUT2D eigenvalue weighted by atomic mass is 16.5. The van der Waals surface area contributed by atoms with Crippen LogP contribution in [0.4, 0.5) is 0 Å². The molecule has 1 aromatic rings. The van der Waals surface area contributed by atoms with E-state index in [1.807, 2.05) is 0 Å². The van der Waals surface area contributed by atoms with Gasteiger partial charge in [-0.05, 0) is 12.1 Å². The average molecular weight is 240 g/mol. The Morgan fingerprint density at radius 1 is 1.47 bits per heavy atom. The van der Waals surface area contributed by atoms with Crippen molar-refractivity contribution in [3.05, 3.63) is 28.7 Å². The number of pyridine rings is 1. The van der Waals surface area contributed by atoms with Gasteiger partial charge < -0.3 is 19.4 Å². The van der Waals surface area contributed by atoms with Crippen molar-refractivity contribution in [2.24, 2.45) is 0 Å². The van der Waals surface area contributed by atoms with Crippen LogP contribution in [0.5, 0.6) is 5.75 Å². The van der Waals surface area contributed by atoms with Crippen LogP contribution in [-0.2, 0) is 16.1 Å². The third-order valence-electron chi connectivity index (χ3n) is 2.15. The molecule has 0 aromatic carbocycles. The first-order valence-electron chi connectivity index (χ1n) is 5.18. The van der Waals surface area contributed by atoms with Crippen LogP contribution in [0.15, 0.2) is 23.1 Å². The van der Waals surface area contributed by atoms with Crippen molar-refractivity contribution in [2.75, 3.05) is 27.4 Å². The number of ether oxygens (including phenoxy) is 2. The molecule has 0 bridgehead atoms. The highest BCUT2D eigenvalue weighted by molar-refractivity contribution is 5.75. The summed E-state index contributed by atoms with van der Waals surface area (Å²) < 4.78 is 11.0. The molecule has 1 aromatic heterocycles. The molecule has 0 saturated heterocycles. The van der Waals surface area contributed by atoms with Crippen LogP contribution in [0.2, 0.25) is 0 Å². The molecule has 0 aliphatic rings. The van der Waals surface area contributed by atoms with Crippen molar-refractivity contribution in [2.45, 2.75) is 6.54 Å². The second-order valence-corrected chi connectivity index (χ2v) is 3.35. The first kappa shape index (κ1) is 13.2. The van der Waals surface area contributed by atoms with Crippen molar-refractivity contribution < 1.29 is 14.3 Å². The lowest BCUT2D eigenvalue weighted by Gasteiger charge is -2.08. The maximum atomic E-state index is 11.7. The number of carbonyl (C=O) groups excluding carboxylic acids is 1. The van der Waals surface area contributed by atoms with E-state index in [1.165, 1.54) is 11.7 Å². The van der Waals surface area contributed by atoms with E-state index >= 15 is 0 Å². The predicted octanol–water partition coefficient (Wildman–Crippen LogP) is -0.380. The predicted molar refractivity (Wildman–Crippen MR) is 62.1 cm³/mol. The summed E-state index contributed by atoms with van der Waals surface area (Å²) in [5.41, 5.74) is -0.322. The Kier molecular flexibility index (Phi) is 5.22. The second-order valence-electron chi connectivity index (χ2n) is 3.35. The van der Waals surface area contributed by atoms with Gasteiger partial charge in [0.15, 0.2) is 5.75 Å². The van der Waals surface area contributed by atoms with Crippen molar-refractivity contribution in [3.8, 4) is 5.75 Å². The number of nitrogens with one attached hydrogen (secondary N) is 1. The van der Waals surface area contributed by atoms with E-state index in [0.717, 1.165) is 0 Å². The van der Waals surface area contributed by atoms with Crippen LogP contribution in [-0.4, -0.2) is 37.8 Å². The van der Waals surface area contributed by atoms with Gasteiger partial charge in [0.05, 0.1) is 13.7 Å². The monoisotopic (exact) mass is 240 g/mol. The van der Waals surface area contributed by atoms with Gasteiger partial charge in [0.2, 0.25) is 5.91 Å². The molecular formula is C11H16N2O4. The second kappa shape index (κ2) is 6.70. The Hall–Kier alpha value is -1.82. The van der Waals surface area contributed by atoms with Crippen LogP contribution in [0.3, 0.4) is 0 Å². The number of hydrogen-bond donors (Lipinski definition) is 1. The summed E-state index contributed by atoms with van der Waals surface area (Å²) in [6.45, 7) is 0.840. The van der Waals surface area contributed by atoms with Crippen LogP contribution in [0.1, 0.15) is 0 Å². The molecule has 0 spiro atoms. The molecule has 1 N–H and O–H groups in total. The minimum absolute atomic E-state index is 0.0280. The molecule has 1 amide bonds. The van der Waals surface area contributed by atoms with Crippen LogP contribution < -0.4 is 15.6 Å². The lowest BCUT2D eigenvalue weighted by Crippen LogP contribution is -2.33. The normalized spacial score (nSPS) is 10.0. The molecule has 17 heavy (non-hydrogen) atoms. The van der Waals surface area contributed by atoms with E-state index in [9.17, 15) is 9.59 Å². The fourth-order valence-electron chi connectivity index (χ4n) is 1.30. The molecule has 6 nitrogen and oxygen atoms in total. The molecule has 0 aliphatic carbocycles. The minimum Gasteiger partial charge on any atom is -0.491 e. The Morgan fingerprint density at radius 2 is 2.24 bits per heavy atom. The van der Waals surface area contributed by atoms with Gasteiger partial charge in [0.1, 0.15) is 6.54 Å². The van der Waals surface area contributed by atoms with E-state index in [4.69, 9.17) is 9.47 Å². The van der Waals surface area contributed by atoms with Gasteiger partial charge in [-0.25, -0.2) is 0 Å². The Morgan fingerprint density at radius 3 is 2.88 bits per heavy atom. The molecule has 0 unspecified atom stereocenters. The van der Waals surface area contributed by atoms with E-state index in [1.54, 1.807) is 25.4 Å². The third-order valence-corrected chi connectivity index (χ3v) is 2.15.